The molecule has 18 heavy (non-hydrogen) atoms. The van der Waals surface area contributed by atoms with Crippen LogP contribution in [-0.4, -0.2) is 48.2 Å². The quantitative estimate of drug-likeness (QED) is 0.471. The minimum absolute atomic E-state index is 0.0412. The molecule has 0 bridgehead atoms. The van der Waals surface area contributed by atoms with Gasteiger partial charge in [-0.15, -0.1) is 0 Å². The Morgan fingerprint density at radius 3 is 2.28 bits per heavy atom. The first-order valence-electron chi connectivity index (χ1n) is 6.50. The highest BCUT2D eigenvalue weighted by Crippen LogP contribution is 2.29. The van der Waals surface area contributed by atoms with E-state index in [0.29, 0.717) is 0 Å². The number of hydrogen-bond acceptors (Lipinski definition) is 2. The summed E-state index contributed by atoms with van der Waals surface area (Å²) in [7, 11) is 2.29. The van der Waals surface area contributed by atoms with Crippen LogP contribution in [0.1, 0.15) is 19.4 Å². The van der Waals surface area contributed by atoms with Gasteiger partial charge in [-0.3, -0.25) is 0 Å². The summed E-state index contributed by atoms with van der Waals surface area (Å²) < 4.78 is 6.45. The van der Waals surface area contributed by atoms with Crippen LogP contribution in [-0.2, 0) is 4.74 Å². The van der Waals surface area contributed by atoms with Gasteiger partial charge in [0.05, 0.1) is 25.1 Å². The lowest BCUT2D eigenvalue weighted by molar-refractivity contribution is -0.950. The lowest BCUT2D eigenvalue weighted by atomic mass is 9.90. The van der Waals surface area contributed by atoms with E-state index < -0.39 is 0 Å². The van der Waals surface area contributed by atoms with Gasteiger partial charge >= 0.3 is 0 Å². The molecule has 98 valence electrons. The van der Waals surface area contributed by atoms with Gasteiger partial charge in [0.25, 0.3) is 0 Å². The van der Waals surface area contributed by atoms with Crippen molar-refractivity contribution in [2.24, 2.45) is 0 Å². The number of morpholine rings is 1. The molecule has 2 rings (SSSR count). The largest absolute Gasteiger partial charge is 0.370 e. The van der Waals surface area contributed by atoms with E-state index in [-0.39, 0.29) is 5.54 Å². The fraction of sp³-hybridized carbons (Fsp3) is 0.533. The molecular formula is C15H22NOS+. The van der Waals surface area contributed by atoms with Crippen molar-refractivity contribution in [1.82, 2.24) is 0 Å². The minimum atomic E-state index is -0.0412. The molecule has 0 atom stereocenters. The lowest BCUT2D eigenvalue weighted by Crippen LogP contribution is -2.66. The third-order valence-electron chi connectivity index (χ3n) is 4.40. The van der Waals surface area contributed by atoms with Crippen molar-refractivity contribution in [3.05, 3.63) is 35.9 Å². The normalized spacial score (nSPS) is 19.5. The Kier molecular flexibility index (Phi) is 3.85. The standard InChI is InChI=1S/C15H22NOS/c1-15(2,16(3)9-11-17-12-10-16)14(18)13-7-5-4-6-8-13/h4-8H,9-12H2,1-3H3/q+1. The topological polar surface area (TPSA) is 9.23 Å². The number of quaternary nitrogens is 1. The van der Waals surface area contributed by atoms with E-state index >= 15 is 0 Å². The average molecular weight is 264 g/mol. The van der Waals surface area contributed by atoms with Crippen LogP contribution >= 0.6 is 12.2 Å². The van der Waals surface area contributed by atoms with Crippen LogP contribution in [0, 0.1) is 0 Å². The van der Waals surface area contributed by atoms with E-state index in [4.69, 9.17) is 17.0 Å². The van der Waals surface area contributed by atoms with Crippen molar-refractivity contribution in [2.45, 2.75) is 19.4 Å². The maximum absolute atomic E-state index is 5.75. The fourth-order valence-corrected chi connectivity index (χ4v) is 2.85. The number of likely N-dealkylation sites (N-methyl/N-ethyl adjacent to an activating group) is 1. The molecule has 0 saturated carbocycles. The highest BCUT2D eigenvalue weighted by Gasteiger charge is 2.44. The number of nitrogens with zero attached hydrogens (tertiary/aromatic N) is 1. The van der Waals surface area contributed by atoms with Crippen molar-refractivity contribution in [1.29, 1.82) is 0 Å². The Labute approximate surface area is 115 Å². The summed E-state index contributed by atoms with van der Waals surface area (Å²) in [6.07, 6.45) is 0. The molecule has 0 radical (unpaired) electrons. The highest BCUT2D eigenvalue weighted by molar-refractivity contribution is 7.81. The summed E-state index contributed by atoms with van der Waals surface area (Å²) in [4.78, 5) is 1.05. The molecule has 1 aliphatic heterocycles. The van der Waals surface area contributed by atoms with Crippen LogP contribution < -0.4 is 0 Å². The van der Waals surface area contributed by atoms with E-state index in [1.54, 1.807) is 0 Å². The summed E-state index contributed by atoms with van der Waals surface area (Å²) in [6, 6.07) is 10.4. The Balaban J connectivity index is 2.27. The summed E-state index contributed by atoms with van der Waals surface area (Å²) in [5, 5.41) is 0. The number of rotatable bonds is 3. The maximum Gasteiger partial charge on any atom is 0.130 e. The second-order valence-electron chi connectivity index (χ2n) is 5.71. The molecule has 3 heteroatoms. The average Bonchev–Trinajstić information content (AvgIpc) is 2.39. The van der Waals surface area contributed by atoms with Gasteiger partial charge in [-0.1, -0.05) is 42.5 Å². The lowest BCUT2D eigenvalue weighted by Gasteiger charge is -2.49. The van der Waals surface area contributed by atoms with Crippen LogP contribution in [0.4, 0.5) is 0 Å². The molecule has 0 spiro atoms. The van der Waals surface area contributed by atoms with Gasteiger partial charge in [-0.2, -0.15) is 0 Å². The summed E-state index contributed by atoms with van der Waals surface area (Å²) in [5.74, 6) is 0. The molecule has 1 aromatic carbocycles. The zero-order valence-electron chi connectivity index (χ0n) is 11.5. The van der Waals surface area contributed by atoms with Crippen LogP contribution in [0.25, 0.3) is 0 Å². The molecule has 1 saturated heterocycles. The summed E-state index contributed by atoms with van der Waals surface area (Å²) in [6.45, 7) is 8.23. The van der Waals surface area contributed by atoms with E-state index in [2.05, 4.69) is 45.2 Å². The molecule has 1 heterocycles. The van der Waals surface area contributed by atoms with Crippen LogP contribution in [0.15, 0.2) is 30.3 Å². The van der Waals surface area contributed by atoms with Crippen molar-refractivity contribution in [3.63, 3.8) is 0 Å². The SMILES string of the molecule is CC(C)(C(=S)c1ccccc1)[N+]1(C)CCOCC1. The Morgan fingerprint density at radius 1 is 1.17 bits per heavy atom. The molecule has 1 aromatic rings. The number of thiocarbonyl (C=S) groups is 1. The third kappa shape index (κ3) is 2.35. The Bertz CT molecular complexity index is 421. The van der Waals surface area contributed by atoms with Crippen LogP contribution in [0.5, 0.6) is 0 Å². The molecule has 1 aliphatic rings. The van der Waals surface area contributed by atoms with Crippen molar-refractivity contribution >= 4 is 17.1 Å². The van der Waals surface area contributed by atoms with E-state index in [0.717, 1.165) is 35.7 Å². The minimum Gasteiger partial charge on any atom is -0.370 e. The first kappa shape index (κ1) is 13.7. The van der Waals surface area contributed by atoms with E-state index in [1.807, 2.05) is 6.07 Å². The monoisotopic (exact) mass is 264 g/mol. The summed E-state index contributed by atoms with van der Waals surface area (Å²) in [5.41, 5.74) is 1.13. The van der Waals surface area contributed by atoms with Crippen molar-refractivity contribution < 1.29 is 9.22 Å². The van der Waals surface area contributed by atoms with Crippen molar-refractivity contribution in [3.8, 4) is 0 Å². The molecule has 0 amide bonds. The molecule has 0 unspecified atom stereocenters. The van der Waals surface area contributed by atoms with E-state index in [9.17, 15) is 0 Å². The van der Waals surface area contributed by atoms with Crippen LogP contribution in [0.2, 0.25) is 0 Å². The van der Waals surface area contributed by atoms with Crippen molar-refractivity contribution in [2.75, 3.05) is 33.4 Å². The maximum atomic E-state index is 5.75. The molecule has 0 aliphatic carbocycles. The van der Waals surface area contributed by atoms with E-state index in [1.165, 1.54) is 5.56 Å². The molecule has 0 aromatic heterocycles. The molecule has 2 nitrogen and oxygen atoms in total. The molecule has 0 N–H and O–H groups in total. The predicted molar refractivity (Wildman–Crippen MR) is 79.0 cm³/mol. The van der Waals surface area contributed by atoms with Gasteiger partial charge < -0.3 is 9.22 Å². The fourth-order valence-electron chi connectivity index (χ4n) is 2.49. The Hall–Kier alpha value is -0.770. The zero-order chi connectivity index (χ0) is 13.2. The second-order valence-corrected chi connectivity index (χ2v) is 6.12. The first-order chi connectivity index (χ1) is 8.47. The zero-order valence-corrected chi connectivity index (χ0v) is 12.3. The predicted octanol–water partition coefficient (Wildman–Crippen LogP) is 2.66. The highest BCUT2D eigenvalue weighted by atomic mass is 32.1. The van der Waals surface area contributed by atoms with Gasteiger partial charge in [0.1, 0.15) is 18.6 Å². The number of benzene rings is 1. The number of ether oxygens (including phenoxy) is 1. The number of hydrogen-bond donors (Lipinski definition) is 0. The van der Waals surface area contributed by atoms with Gasteiger partial charge in [-0.05, 0) is 19.4 Å². The summed E-state index contributed by atoms with van der Waals surface area (Å²) >= 11 is 5.75. The van der Waals surface area contributed by atoms with Gasteiger partial charge in [0.15, 0.2) is 0 Å². The van der Waals surface area contributed by atoms with Gasteiger partial charge in [0.2, 0.25) is 0 Å². The first-order valence-corrected chi connectivity index (χ1v) is 6.90. The second kappa shape index (κ2) is 5.08. The van der Waals surface area contributed by atoms with Gasteiger partial charge in [-0.25, -0.2) is 0 Å². The molecule has 1 fully saturated rings. The van der Waals surface area contributed by atoms with Crippen LogP contribution in [0.3, 0.4) is 0 Å². The smallest absolute Gasteiger partial charge is 0.130 e. The Morgan fingerprint density at radius 2 is 1.72 bits per heavy atom. The third-order valence-corrected chi connectivity index (χ3v) is 5.13. The molecular weight excluding hydrogens is 242 g/mol. The van der Waals surface area contributed by atoms with Gasteiger partial charge in [0, 0.05) is 0 Å².